The summed E-state index contributed by atoms with van der Waals surface area (Å²) in [7, 11) is 0. The number of nitrogens with one attached hydrogen (secondary N) is 1. The summed E-state index contributed by atoms with van der Waals surface area (Å²) >= 11 is 6.05. The average molecular weight is 479 g/mol. The normalized spacial score (nSPS) is 10.7. The van der Waals surface area contributed by atoms with E-state index in [1.54, 1.807) is 0 Å². The van der Waals surface area contributed by atoms with Crippen LogP contribution in [0.4, 0.5) is 10.2 Å². The molecule has 4 rings (SSSR count). The monoisotopic (exact) mass is 478 g/mol. The van der Waals surface area contributed by atoms with Crippen LogP contribution in [0.25, 0.3) is 5.69 Å². The number of hydrogen-bond donors (Lipinski definition) is 2. The maximum atomic E-state index is 14.8. The number of nitrogens with two attached hydrogens (primary N) is 1. The number of anilines is 1. The Labute approximate surface area is 199 Å². The lowest BCUT2D eigenvalue weighted by Gasteiger charge is -2.12. The van der Waals surface area contributed by atoms with Gasteiger partial charge in [0.1, 0.15) is 10.8 Å². The molecule has 3 N–H and O–H groups in total. The predicted molar refractivity (Wildman–Crippen MR) is 128 cm³/mol. The molecule has 34 heavy (non-hydrogen) atoms. The van der Waals surface area contributed by atoms with Crippen molar-refractivity contribution < 1.29 is 13.9 Å². The molecular formula is C25H20ClFN4O3. The van der Waals surface area contributed by atoms with Gasteiger partial charge in [-0.25, -0.2) is 9.37 Å². The molecule has 0 spiro atoms. The number of amides is 1. The summed E-state index contributed by atoms with van der Waals surface area (Å²) in [5.41, 5.74) is 7.74. The van der Waals surface area contributed by atoms with Crippen LogP contribution in [0.2, 0.25) is 5.02 Å². The van der Waals surface area contributed by atoms with Crippen LogP contribution in [0.5, 0.6) is 11.5 Å². The van der Waals surface area contributed by atoms with E-state index in [2.05, 4.69) is 10.3 Å². The molecule has 172 valence electrons. The molecular weight excluding hydrogens is 459 g/mol. The highest BCUT2D eigenvalue weighted by Gasteiger charge is 2.14. The third-order valence-corrected chi connectivity index (χ3v) is 5.55. The molecule has 0 aliphatic carbocycles. The number of halogens is 2. The van der Waals surface area contributed by atoms with Gasteiger partial charge in [-0.15, -0.1) is 0 Å². The molecule has 0 radical (unpaired) electrons. The number of hydrogen-bond acceptors (Lipinski definition) is 5. The zero-order chi connectivity index (χ0) is 24.2. The number of aryl methyl sites for hydroxylation is 1. The molecule has 2 aromatic heterocycles. The fourth-order valence-electron chi connectivity index (χ4n) is 3.27. The molecule has 0 saturated carbocycles. The second kappa shape index (κ2) is 9.76. The van der Waals surface area contributed by atoms with Gasteiger partial charge in [-0.1, -0.05) is 35.9 Å². The Morgan fingerprint density at radius 2 is 1.94 bits per heavy atom. The van der Waals surface area contributed by atoms with Gasteiger partial charge in [-0.05, 0) is 36.2 Å². The molecule has 0 bridgehead atoms. The Balaban J connectivity index is 1.56. The number of nitrogens with zero attached hydrogens (tertiary/aromatic N) is 2. The van der Waals surface area contributed by atoms with Crippen LogP contribution in [0.1, 0.15) is 21.5 Å². The first-order valence-corrected chi connectivity index (χ1v) is 10.6. The van der Waals surface area contributed by atoms with Crippen molar-refractivity contribution in [3.05, 3.63) is 111 Å². The van der Waals surface area contributed by atoms with E-state index in [0.717, 1.165) is 17.2 Å². The minimum atomic E-state index is -0.731. The van der Waals surface area contributed by atoms with Crippen molar-refractivity contribution in [2.75, 3.05) is 5.73 Å². The van der Waals surface area contributed by atoms with Crippen LogP contribution in [-0.2, 0) is 6.54 Å². The van der Waals surface area contributed by atoms with Crippen molar-refractivity contribution in [2.24, 2.45) is 0 Å². The number of pyridine rings is 2. The zero-order valence-electron chi connectivity index (χ0n) is 18.1. The van der Waals surface area contributed by atoms with Crippen molar-refractivity contribution >= 4 is 23.3 Å². The lowest BCUT2D eigenvalue weighted by Crippen LogP contribution is -2.26. The van der Waals surface area contributed by atoms with E-state index in [4.69, 9.17) is 22.1 Å². The maximum Gasteiger partial charge on any atom is 0.255 e. The third kappa shape index (κ3) is 4.92. The lowest BCUT2D eigenvalue weighted by atomic mass is 10.1. The van der Waals surface area contributed by atoms with E-state index in [0.29, 0.717) is 6.54 Å². The number of nitrogen functional groups attached to an aromatic ring is 1. The van der Waals surface area contributed by atoms with Crippen LogP contribution in [-0.4, -0.2) is 15.5 Å². The fourth-order valence-corrected chi connectivity index (χ4v) is 3.42. The molecule has 2 heterocycles. The minimum absolute atomic E-state index is 0.0558. The second-order valence-corrected chi connectivity index (χ2v) is 7.84. The Morgan fingerprint density at radius 3 is 2.71 bits per heavy atom. The van der Waals surface area contributed by atoms with E-state index in [1.165, 1.54) is 47.3 Å². The summed E-state index contributed by atoms with van der Waals surface area (Å²) in [5, 5.41) is 2.90. The van der Waals surface area contributed by atoms with Crippen molar-refractivity contribution in [3.8, 4) is 17.2 Å². The number of rotatable bonds is 6. The molecule has 7 nitrogen and oxygen atoms in total. The summed E-state index contributed by atoms with van der Waals surface area (Å²) in [6, 6.07) is 15.8. The van der Waals surface area contributed by atoms with Gasteiger partial charge in [0.2, 0.25) is 0 Å². The molecule has 9 heteroatoms. The number of ether oxygens (including phenoxy) is 1. The van der Waals surface area contributed by atoms with Gasteiger partial charge in [0.25, 0.3) is 11.5 Å². The van der Waals surface area contributed by atoms with Crippen LogP contribution in [0, 0.1) is 12.7 Å². The number of benzene rings is 2. The zero-order valence-corrected chi connectivity index (χ0v) is 18.8. The molecule has 0 aliphatic rings. The topological polar surface area (TPSA) is 99.2 Å². The van der Waals surface area contributed by atoms with E-state index < -0.39 is 11.4 Å². The Kier molecular flexibility index (Phi) is 6.60. The highest BCUT2D eigenvalue weighted by atomic mass is 35.5. The number of aromatic nitrogens is 2. The highest BCUT2D eigenvalue weighted by Crippen LogP contribution is 2.33. The van der Waals surface area contributed by atoms with Gasteiger partial charge >= 0.3 is 0 Å². The van der Waals surface area contributed by atoms with Crippen molar-refractivity contribution in [2.45, 2.75) is 13.5 Å². The highest BCUT2D eigenvalue weighted by molar-refractivity contribution is 6.34. The van der Waals surface area contributed by atoms with Gasteiger partial charge < -0.3 is 15.8 Å². The van der Waals surface area contributed by atoms with Gasteiger partial charge in [0.15, 0.2) is 17.3 Å². The lowest BCUT2D eigenvalue weighted by molar-refractivity contribution is 0.0950. The van der Waals surface area contributed by atoms with Gasteiger partial charge in [-0.3, -0.25) is 14.2 Å². The first-order chi connectivity index (χ1) is 16.3. The predicted octanol–water partition coefficient (Wildman–Crippen LogP) is 4.64. The van der Waals surface area contributed by atoms with Gasteiger partial charge in [-0.2, -0.15) is 0 Å². The van der Waals surface area contributed by atoms with E-state index >= 15 is 0 Å². The molecule has 0 unspecified atom stereocenters. The van der Waals surface area contributed by atoms with Gasteiger partial charge in [0.05, 0.1) is 11.3 Å². The second-order valence-electron chi connectivity index (χ2n) is 7.46. The first kappa shape index (κ1) is 23.0. The molecule has 0 fully saturated rings. The van der Waals surface area contributed by atoms with Crippen molar-refractivity contribution in [1.82, 2.24) is 14.9 Å². The number of carbonyl (C=O) groups excluding carboxylic acids is 1. The molecule has 4 aromatic rings. The summed E-state index contributed by atoms with van der Waals surface area (Å²) in [4.78, 5) is 28.9. The molecule has 2 aromatic carbocycles. The van der Waals surface area contributed by atoms with E-state index in [1.807, 2.05) is 31.2 Å². The fraction of sp³-hybridized carbons (Fsp3) is 0.0800. The first-order valence-electron chi connectivity index (χ1n) is 10.3. The van der Waals surface area contributed by atoms with Crippen LogP contribution in [0.3, 0.4) is 0 Å². The molecule has 1 amide bonds. The van der Waals surface area contributed by atoms with Gasteiger partial charge in [0, 0.05) is 37.1 Å². The Hall–Kier alpha value is -4.17. The largest absolute Gasteiger partial charge is 0.453 e. The summed E-state index contributed by atoms with van der Waals surface area (Å²) in [6.07, 6.45) is 2.75. The van der Waals surface area contributed by atoms with Crippen molar-refractivity contribution in [1.29, 1.82) is 0 Å². The SMILES string of the molecule is Cc1ccccc1CNC(=O)c1ccc(=O)n(-c2ccc(Oc3ccnc(N)c3Cl)c(F)c2)c1. The number of carbonyl (C=O) groups is 1. The Morgan fingerprint density at radius 1 is 1.15 bits per heavy atom. The summed E-state index contributed by atoms with van der Waals surface area (Å²) in [6.45, 7) is 2.30. The smallest absolute Gasteiger partial charge is 0.255 e. The molecule has 0 aliphatic heterocycles. The van der Waals surface area contributed by atoms with Crippen LogP contribution >= 0.6 is 11.6 Å². The quantitative estimate of drug-likeness (QED) is 0.420. The molecule has 0 saturated heterocycles. The maximum absolute atomic E-state index is 14.8. The average Bonchev–Trinajstić information content (AvgIpc) is 2.83. The Bertz CT molecular complexity index is 1440. The molecule has 0 atom stereocenters. The summed E-state index contributed by atoms with van der Waals surface area (Å²) in [5.74, 6) is -1.00. The minimum Gasteiger partial charge on any atom is -0.453 e. The van der Waals surface area contributed by atoms with Crippen molar-refractivity contribution in [3.63, 3.8) is 0 Å². The standard InChI is InChI=1S/C25H20ClFN4O3/c1-15-4-2-3-5-16(15)13-30-25(33)17-6-9-22(32)31(14-17)18-7-8-20(19(27)12-18)34-21-10-11-29-24(28)23(21)26/h2-12,14H,13H2,1H3,(H2,28,29)(H,30,33). The third-order valence-electron chi connectivity index (χ3n) is 5.17. The van der Waals surface area contributed by atoms with E-state index in [9.17, 15) is 14.0 Å². The van der Waals surface area contributed by atoms with E-state index in [-0.39, 0.29) is 39.5 Å². The summed E-state index contributed by atoms with van der Waals surface area (Å²) < 4.78 is 21.5. The van der Waals surface area contributed by atoms with Crippen LogP contribution < -0.4 is 21.3 Å². The van der Waals surface area contributed by atoms with Crippen LogP contribution in [0.15, 0.2) is 77.9 Å².